The summed E-state index contributed by atoms with van der Waals surface area (Å²) in [5, 5.41) is 3.14. The predicted molar refractivity (Wildman–Crippen MR) is 65.1 cm³/mol. The lowest BCUT2D eigenvalue weighted by Gasteiger charge is -2.40. The number of amides is 2. The van der Waals surface area contributed by atoms with Crippen molar-refractivity contribution >= 4 is 12.2 Å². The lowest BCUT2D eigenvalue weighted by molar-refractivity contribution is 0.00503. The van der Waals surface area contributed by atoms with Gasteiger partial charge in [-0.2, -0.15) is 0 Å². The Bertz CT molecular complexity index is 308. The van der Waals surface area contributed by atoms with Gasteiger partial charge in [-0.3, -0.25) is 0 Å². The first kappa shape index (κ1) is 14.6. The maximum atomic E-state index is 11.6. The summed E-state index contributed by atoms with van der Waals surface area (Å²) in [6, 6.07) is 0.217. The van der Waals surface area contributed by atoms with Crippen molar-refractivity contribution in [1.82, 2.24) is 10.2 Å². The largest absolute Gasteiger partial charge is 0.448 e. The van der Waals surface area contributed by atoms with Crippen molar-refractivity contribution in [1.29, 1.82) is 0 Å². The van der Waals surface area contributed by atoms with Gasteiger partial charge in [-0.25, -0.2) is 9.59 Å². The molecule has 3 N–H and O–H groups in total. The summed E-state index contributed by atoms with van der Waals surface area (Å²) in [4.78, 5) is 23.5. The molecule has 0 radical (unpaired) electrons. The number of nitrogens with two attached hydrogens (primary N) is 1. The van der Waals surface area contributed by atoms with Gasteiger partial charge in [0.15, 0.2) is 0 Å². The number of likely N-dealkylation sites (tertiary alicyclic amines) is 1. The zero-order chi connectivity index (χ0) is 13.8. The van der Waals surface area contributed by atoms with Crippen molar-refractivity contribution in [3.8, 4) is 0 Å². The van der Waals surface area contributed by atoms with Crippen molar-refractivity contribution in [3.05, 3.63) is 0 Å². The minimum Gasteiger partial charge on any atom is -0.448 e. The monoisotopic (exact) mass is 259 g/mol. The Kier molecular flexibility index (Phi) is 4.77. The Morgan fingerprint density at radius 1 is 1.39 bits per heavy atom. The van der Waals surface area contributed by atoms with Crippen molar-refractivity contribution in [2.24, 2.45) is 5.73 Å². The Morgan fingerprint density at radius 3 is 2.50 bits per heavy atom. The Labute approximate surface area is 107 Å². The Balaban J connectivity index is 2.09. The zero-order valence-corrected chi connectivity index (χ0v) is 11.1. The molecule has 1 saturated heterocycles. The highest BCUT2D eigenvalue weighted by atomic mass is 16.6. The number of rotatable bonds is 4. The number of primary amides is 1. The van der Waals surface area contributed by atoms with E-state index in [1.807, 2.05) is 20.8 Å². The first-order valence-electron chi connectivity index (χ1n) is 5.91. The third-order valence-electron chi connectivity index (χ3n) is 2.31. The number of carbonyl (C=O) groups excluding carboxylic acids is 2. The quantitative estimate of drug-likeness (QED) is 0.708. The lowest BCUT2D eigenvalue weighted by Crippen LogP contribution is -2.60. The molecule has 1 heterocycles. The van der Waals surface area contributed by atoms with Crippen LogP contribution in [0, 0.1) is 0 Å². The van der Waals surface area contributed by atoms with Crippen molar-refractivity contribution in [2.75, 3.05) is 26.2 Å². The molecule has 0 spiro atoms. The van der Waals surface area contributed by atoms with Gasteiger partial charge in [-0.05, 0) is 20.8 Å². The molecule has 1 rings (SSSR count). The van der Waals surface area contributed by atoms with Crippen LogP contribution in [0.15, 0.2) is 0 Å². The molecule has 0 aromatic rings. The van der Waals surface area contributed by atoms with Gasteiger partial charge < -0.3 is 25.4 Å². The van der Waals surface area contributed by atoms with Gasteiger partial charge in [-0.1, -0.05) is 0 Å². The predicted octanol–water partition coefficient (Wildman–Crippen LogP) is 0.291. The highest BCUT2D eigenvalue weighted by Gasteiger charge is 2.33. The molecular weight excluding hydrogens is 238 g/mol. The molecule has 2 amide bonds. The van der Waals surface area contributed by atoms with E-state index < -0.39 is 11.7 Å². The van der Waals surface area contributed by atoms with E-state index in [9.17, 15) is 9.59 Å². The van der Waals surface area contributed by atoms with Gasteiger partial charge in [0.05, 0.1) is 0 Å². The van der Waals surface area contributed by atoms with E-state index in [0.29, 0.717) is 19.6 Å². The molecule has 0 atom stereocenters. The fraction of sp³-hybridized carbons (Fsp3) is 0.818. The van der Waals surface area contributed by atoms with Crippen molar-refractivity contribution in [2.45, 2.75) is 32.4 Å². The summed E-state index contributed by atoms with van der Waals surface area (Å²) in [7, 11) is 0. The molecule has 0 bridgehead atoms. The lowest BCUT2D eigenvalue weighted by atomic mass is 10.1. The van der Waals surface area contributed by atoms with E-state index in [-0.39, 0.29) is 18.7 Å². The van der Waals surface area contributed by atoms with Gasteiger partial charge >= 0.3 is 12.2 Å². The van der Waals surface area contributed by atoms with Crippen LogP contribution < -0.4 is 11.1 Å². The smallest absolute Gasteiger partial charge is 0.410 e. The molecule has 104 valence electrons. The van der Waals surface area contributed by atoms with Gasteiger partial charge in [0.2, 0.25) is 0 Å². The van der Waals surface area contributed by atoms with Crippen LogP contribution in [-0.4, -0.2) is 55.0 Å². The van der Waals surface area contributed by atoms with E-state index >= 15 is 0 Å². The summed E-state index contributed by atoms with van der Waals surface area (Å²) < 4.78 is 9.79. The average molecular weight is 259 g/mol. The summed E-state index contributed by atoms with van der Waals surface area (Å²) in [6.45, 7) is 7.47. The number of carbonyl (C=O) groups is 2. The van der Waals surface area contributed by atoms with Crippen molar-refractivity contribution < 1.29 is 19.1 Å². The van der Waals surface area contributed by atoms with Crippen LogP contribution >= 0.6 is 0 Å². The average Bonchev–Trinajstić information content (AvgIpc) is 2.10. The molecule has 7 nitrogen and oxygen atoms in total. The second-order valence-corrected chi connectivity index (χ2v) is 5.20. The SMILES string of the molecule is CC(C)(C)OC(=O)N1CC(NCCOC(N)=O)C1. The third-order valence-corrected chi connectivity index (χ3v) is 2.31. The molecule has 18 heavy (non-hydrogen) atoms. The highest BCUT2D eigenvalue weighted by Crippen LogP contribution is 2.14. The first-order chi connectivity index (χ1) is 8.28. The van der Waals surface area contributed by atoms with Crippen LogP contribution in [0.25, 0.3) is 0 Å². The van der Waals surface area contributed by atoms with E-state index in [1.54, 1.807) is 4.90 Å². The summed E-state index contributed by atoms with van der Waals surface area (Å²) in [5.41, 5.74) is 4.35. The standard InChI is InChI=1S/C11H21N3O4/c1-11(2,3)18-10(16)14-6-8(7-14)13-4-5-17-9(12)15/h8,13H,4-7H2,1-3H3,(H2,12,15). The summed E-state index contributed by atoms with van der Waals surface area (Å²) in [6.07, 6.45) is -1.07. The maximum Gasteiger partial charge on any atom is 0.410 e. The zero-order valence-electron chi connectivity index (χ0n) is 11.1. The summed E-state index contributed by atoms with van der Waals surface area (Å²) >= 11 is 0. The molecule has 0 aromatic heterocycles. The Hall–Kier alpha value is -1.50. The van der Waals surface area contributed by atoms with E-state index in [4.69, 9.17) is 10.5 Å². The highest BCUT2D eigenvalue weighted by molar-refractivity contribution is 5.69. The normalized spacial score (nSPS) is 16.1. The minimum atomic E-state index is -0.777. The second-order valence-electron chi connectivity index (χ2n) is 5.20. The van der Waals surface area contributed by atoms with Crippen molar-refractivity contribution in [3.63, 3.8) is 0 Å². The van der Waals surface area contributed by atoms with Crippen LogP contribution in [0.2, 0.25) is 0 Å². The summed E-state index contributed by atoms with van der Waals surface area (Å²) in [5.74, 6) is 0. The van der Waals surface area contributed by atoms with Gasteiger partial charge in [0, 0.05) is 25.7 Å². The second kappa shape index (κ2) is 5.90. The van der Waals surface area contributed by atoms with Crippen LogP contribution in [0.3, 0.4) is 0 Å². The van der Waals surface area contributed by atoms with Gasteiger partial charge in [-0.15, -0.1) is 0 Å². The minimum absolute atomic E-state index is 0.217. The molecule has 0 saturated carbocycles. The van der Waals surface area contributed by atoms with Crippen LogP contribution in [0.4, 0.5) is 9.59 Å². The number of hydrogen-bond acceptors (Lipinski definition) is 5. The molecule has 0 aliphatic carbocycles. The fourth-order valence-corrected chi connectivity index (χ4v) is 1.50. The van der Waals surface area contributed by atoms with Gasteiger partial charge in [0.25, 0.3) is 0 Å². The molecular formula is C11H21N3O4. The molecule has 1 aliphatic rings. The molecule has 1 fully saturated rings. The number of nitrogens with zero attached hydrogens (tertiary/aromatic N) is 1. The number of ether oxygens (including phenoxy) is 2. The van der Waals surface area contributed by atoms with Crippen LogP contribution in [0.1, 0.15) is 20.8 Å². The van der Waals surface area contributed by atoms with Crippen LogP contribution in [-0.2, 0) is 9.47 Å². The molecule has 7 heteroatoms. The van der Waals surface area contributed by atoms with E-state index in [2.05, 4.69) is 10.1 Å². The van der Waals surface area contributed by atoms with E-state index in [1.165, 1.54) is 0 Å². The fourth-order valence-electron chi connectivity index (χ4n) is 1.50. The number of nitrogens with one attached hydrogen (secondary N) is 1. The Morgan fingerprint density at radius 2 is 2.00 bits per heavy atom. The first-order valence-corrected chi connectivity index (χ1v) is 5.91. The maximum absolute atomic E-state index is 11.6. The van der Waals surface area contributed by atoms with Crippen LogP contribution in [0.5, 0.6) is 0 Å². The molecule has 0 aromatic carbocycles. The third kappa shape index (κ3) is 5.22. The molecule has 0 unspecified atom stereocenters. The topological polar surface area (TPSA) is 93.9 Å². The number of hydrogen-bond donors (Lipinski definition) is 2. The molecule has 1 aliphatic heterocycles. The van der Waals surface area contributed by atoms with Gasteiger partial charge in [0.1, 0.15) is 12.2 Å². The van der Waals surface area contributed by atoms with E-state index in [0.717, 1.165) is 0 Å².